The van der Waals surface area contributed by atoms with Crippen molar-refractivity contribution in [2.24, 2.45) is 0 Å². The number of carbonyl (C=O) groups excluding carboxylic acids is 2. The van der Waals surface area contributed by atoms with Crippen LogP contribution in [0.25, 0.3) is 0 Å². The molecule has 0 fully saturated rings. The zero-order chi connectivity index (χ0) is 8.27. The van der Waals surface area contributed by atoms with E-state index < -0.39 is 0 Å². The fraction of sp³-hybridized carbons (Fsp3) is 0.429. The maximum Gasteiger partial charge on any atom is 0.339 e. The van der Waals surface area contributed by atoms with Gasteiger partial charge in [-0.3, -0.25) is 4.79 Å². The summed E-state index contributed by atoms with van der Waals surface area (Å²) in [5.41, 5.74) is 0. The molecule has 0 atom stereocenters. The Morgan fingerprint density at radius 1 is 1.73 bits per heavy atom. The molecule has 1 rings (SSSR count). The van der Waals surface area contributed by atoms with E-state index in [1.807, 2.05) is 0 Å². The molecule has 1 heterocycles. The van der Waals surface area contributed by atoms with Crippen LogP contribution >= 0.6 is 0 Å². The van der Waals surface area contributed by atoms with E-state index in [-0.39, 0.29) is 18.5 Å². The van der Waals surface area contributed by atoms with Gasteiger partial charge in [0.2, 0.25) is 0 Å². The molecule has 0 aliphatic carbocycles. The molecule has 1 aliphatic heterocycles. The molecule has 0 saturated carbocycles. The highest BCUT2D eigenvalue weighted by Crippen LogP contribution is 2.13. The molecule has 0 unspecified atom stereocenters. The van der Waals surface area contributed by atoms with Crippen molar-refractivity contribution in [3.8, 4) is 0 Å². The maximum absolute atomic E-state index is 10.2. The standard InChI is InChI=1S/C7H8O4/c1-5(8)10-3-2-6-4-7(9)11-6/h4H,2-3H2,1H3. The van der Waals surface area contributed by atoms with Crippen molar-refractivity contribution in [3.63, 3.8) is 0 Å². The Labute approximate surface area is 63.8 Å². The Morgan fingerprint density at radius 2 is 2.36 bits per heavy atom. The van der Waals surface area contributed by atoms with E-state index >= 15 is 0 Å². The van der Waals surface area contributed by atoms with Crippen molar-refractivity contribution >= 4 is 11.9 Å². The van der Waals surface area contributed by atoms with E-state index in [0.717, 1.165) is 0 Å². The third kappa shape index (κ3) is 2.41. The summed E-state index contributed by atoms with van der Waals surface area (Å²) in [5, 5.41) is 0. The minimum Gasteiger partial charge on any atom is -0.465 e. The molecule has 0 aromatic carbocycles. The first kappa shape index (κ1) is 7.78. The van der Waals surface area contributed by atoms with Crippen LogP contribution in [0.4, 0.5) is 0 Å². The molecule has 0 amide bonds. The van der Waals surface area contributed by atoms with E-state index in [2.05, 4.69) is 9.47 Å². The van der Waals surface area contributed by atoms with Gasteiger partial charge < -0.3 is 9.47 Å². The first-order chi connectivity index (χ1) is 5.18. The Morgan fingerprint density at radius 3 is 2.82 bits per heavy atom. The lowest BCUT2D eigenvalue weighted by Gasteiger charge is -2.13. The van der Waals surface area contributed by atoms with E-state index in [1.165, 1.54) is 13.0 Å². The van der Waals surface area contributed by atoms with Gasteiger partial charge in [-0.2, -0.15) is 0 Å². The summed E-state index contributed by atoms with van der Waals surface area (Å²) in [6, 6.07) is 0. The zero-order valence-corrected chi connectivity index (χ0v) is 6.12. The van der Waals surface area contributed by atoms with Crippen LogP contribution in [0.2, 0.25) is 0 Å². The molecule has 0 saturated heterocycles. The molecule has 0 bridgehead atoms. The highest BCUT2D eigenvalue weighted by molar-refractivity contribution is 5.88. The lowest BCUT2D eigenvalue weighted by molar-refractivity contribution is -0.142. The van der Waals surface area contributed by atoms with Gasteiger partial charge in [0.15, 0.2) is 0 Å². The van der Waals surface area contributed by atoms with Crippen LogP contribution in [0.5, 0.6) is 0 Å². The lowest BCUT2D eigenvalue weighted by atomic mass is 10.3. The number of cyclic esters (lactones) is 1. The van der Waals surface area contributed by atoms with Crippen molar-refractivity contribution in [3.05, 3.63) is 11.8 Å². The van der Waals surface area contributed by atoms with E-state index in [9.17, 15) is 9.59 Å². The third-order valence-corrected chi connectivity index (χ3v) is 1.16. The van der Waals surface area contributed by atoms with Gasteiger partial charge in [-0.1, -0.05) is 0 Å². The van der Waals surface area contributed by atoms with Crippen molar-refractivity contribution in [2.45, 2.75) is 13.3 Å². The summed E-state index contributed by atoms with van der Waals surface area (Å²) in [7, 11) is 0. The van der Waals surface area contributed by atoms with Crippen molar-refractivity contribution in [1.82, 2.24) is 0 Å². The fourth-order valence-corrected chi connectivity index (χ4v) is 0.680. The molecule has 4 heteroatoms. The van der Waals surface area contributed by atoms with E-state index in [4.69, 9.17) is 0 Å². The van der Waals surface area contributed by atoms with Crippen LogP contribution in [-0.4, -0.2) is 18.5 Å². The van der Waals surface area contributed by atoms with Gasteiger partial charge in [0.05, 0.1) is 12.7 Å². The average molecular weight is 156 g/mol. The highest BCUT2D eigenvalue weighted by atomic mass is 16.6. The second-order valence-electron chi connectivity index (χ2n) is 2.12. The second-order valence-corrected chi connectivity index (χ2v) is 2.12. The van der Waals surface area contributed by atoms with Gasteiger partial charge in [0, 0.05) is 13.3 Å². The zero-order valence-electron chi connectivity index (χ0n) is 6.12. The third-order valence-electron chi connectivity index (χ3n) is 1.16. The summed E-state index contributed by atoms with van der Waals surface area (Å²) in [6.07, 6.45) is 1.86. The van der Waals surface area contributed by atoms with Crippen LogP contribution in [0, 0.1) is 0 Å². The Hall–Kier alpha value is -1.32. The molecule has 0 radical (unpaired) electrons. The highest BCUT2D eigenvalue weighted by Gasteiger charge is 2.16. The number of carbonyl (C=O) groups is 2. The normalized spacial score (nSPS) is 14.6. The molecular weight excluding hydrogens is 148 g/mol. The molecule has 11 heavy (non-hydrogen) atoms. The Bertz CT molecular complexity index is 216. The topological polar surface area (TPSA) is 52.6 Å². The van der Waals surface area contributed by atoms with Gasteiger partial charge in [0.1, 0.15) is 5.76 Å². The summed E-state index contributed by atoms with van der Waals surface area (Å²) in [5.74, 6) is -0.0738. The van der Waals surface area contributed by atoms with E-state index in [1.54, 1.807) is 0 Å². The Balaban J connectivity index is 2.10. The molecule has 0 aromatic rings. The van der Waals surface area contributed by atoms with Gasteiger partial charge in [-0.15, -0.1) is 0 Å². The first-order valence-electron chi connectivity index (χ1n) is 3.24. The largest absolute Gasteiger partial charge is 0.465 e. The average Bonchev–Trinajstić information content (AvgIpc) is 1.83. The van der Waals surface area contributed by atoms with Gasteiger partial charge >= 0.3 is 11.9 Å². The quantitative estimate of drug-likeness (QED) is 0.554. The Kier molecular flexibility index (Phi) is 2.25. The van der Waals surface area contributed by atoms with Crippen LogP contribution in [0.15, 0.2) is 11.8 Å². The predicted octanol–water partition coefficient (Wildman–Crippen LogP) is 0.380. The first-order valence-corrected chi connectivity index (χ1v) is 3.24. The second kappa shape index (κ2) is 3.18. The molecule has 0 aromatic heterocycles. The SMILES string of the molecule is CC(=O)OCCC1=CC(=O)O1. The number of hydrogen-bond acceptors (Lipinski definition) is 4. The molecular formula is C7H8O4. The maximum atomic E-state index is 10.2. The van der Waals surface area contributed by atoms with Crippen LogP contribution in [0.1, 0.15) is 13.3 Å². The monoisotopic (exact) mass is 156 g/mol. The minimum atomic E-state index is -0.331. The van der Waals surface area contributed by atoms with E-state index in [0.29, 0.717) is 12.2 Å². The lowest BCUT2D eigenvalue weighted by Crippen LogP contribution is -2.14. The fourth-order valence-electron chi connectivity index (χ4n) is 0.680. The predicted molar refractivity (Wildman–Crippen MR) is 35.4 cm³/mol. The van der Waals surface area contributed by atoms with Crippen molar-refractivity contribution in [2.75, 3.05) is 6.61 Å². The van der Waals surface area contributed by atoms with Crippen molar-refractivity contribution in [1.29, 1.82) is 0 Å². The molecule has 60 valence electrons. The van der Waals surface area contributed by atoms with Gasteiger partial charge in [-0.25, -0.2) is 4.79 Å². The number of hydrogen-bond donors (Lipinski definition) is 0. The summed E-state index contributed by atoms with van der Waals surface area (Å²) < 4.78 is 9.16. The molecule has 4 nitrogen and oxygen atoms in total. The van der Waals surface area contributed by atoms with Crippen molar-refractivity contribution < 1.29 is 19.1 Å². The number of ether oxygens (including phenoxy) is 2. The molecule has 0 spiro atoms. The van der Waals surface area contributed by atoms with Crippen LogP contribution in [0.3, 0.4) is 0 Å². The van der Waals surface area contributed by atoms with Gasteiger partial charge in [0.25, 0.3) is 0 Å². The number of esters is 2. The van der Waals surface area contributed by atoms with Gasteiger partial charge in [-0.05, 0) is 0 Å². The van der Waals surface area contributed by atoms with Crippen LogP contribution in [-0.2, 0) is 19.1 Å². The molecule has 1 aliphatic rings. The summed E-state index contributed by atoms with van der Waals surface area (Å²) >= 11 is 0. The number of rotatable bonds is 3. The minimum absolute atomic E-state index is 0.272. The summed E-state index contributed by atoms with van der Waals surface area (Å²) in [6.45, 7) is 1.61. The van der Waals surface area contributed by atoms with Crippen LogP contribution < -0.4 is 0 Å². The molecule has 0 N–H and O–H groups in total. The summed E-state index contributed by atoms with van der Waals surface area (Å²) in [4.78, 5) is 20.4. The smallest absolute Gasteiger partial charge is 0.339 e.